The third-order valence-electron chi connectivity index (χ3n) is 7.57. The number of rotatable bonds is 6. The topological polar surface area (TPSA) is 148 Å². The highest BCUT2D eigenvalue weighted by Gasteiger charge is 2.31. The number of aryl methyl sites for hydroxylation is 2. The third-order valence-corrected chi connectivity index (χ3v) is 8.90. The van der Waals surface area contributed by atoms with Crippen LogP contribution in [0.25, 0.3) is 11.3 Å². The summed E-state index contributed by atoms with van der Waals surface area (Å²) in [5.41, 5.74) is 3.07. The fourth-order valence-electron chi connectivity index (χ4n) is 5.21. The van der Waals surface area contributed by atoms with Gasteiger partial charge in [0.15, 0.2) is 0 Å². The maximum absolute atomic E-state index is 14.1. The van der Waals surface area contributed by atoms with Gasteiger partial charge in [-0.3, -0.25) is 4.79 Å². The molecule has 0 fully saturated rings. The molecule has 230 valence electrons. The zero-order valence-electron chi connectivity index (χ0n) is 25.4. The van der Waals surface area contributed by atoms with Crippen LogP contribution in [-0.4, -0.2) is 62.5 Å². The molecule has 4 aromatic rings. The van der Waals surface area contributed by atoms with E-state index in [4.69, 9.17) is 4.74 Å². The van der Waals surface area contributed by atoms with Gasteiger partial charge in [-0.1, -0.05) is 24.3 Å². The van der Waals surface area contributed by atoms with Crippen LogP contribution >= 0.6 is 0 Å². The number of aromatic nitrogens is 4. The lowest BCUT2D eigenvalue weighted by Crippen LogP contribution is -2.44. The first-order valence-electron chi connectivity index (χ1n) is 14.3. The number of fused-ring (bicyclic) bond motifs is 4. The molecule has 2 aromatic carbocycles. The molecule has 2 aromatic heterocycles. The Hall–Kier alpha value is -4.42. The van der Waals surface area contributed by atoms with E-state index in [0.29, 0.717) is 29.9 Å². The van der Waals surface area contributed by atoms with Crippen LogP contribution < -0.4 is 9.46 Å². The molecule has 12 heteroatoms. The van der Waals surface area contributed by atoms with E-state index in [1.54, 1.807) is 43.3 Å². The molecule has 4 bridgehead atoms. The Balaban J connectivity index is 1.70. The Morgan fingerprint density at radius 2 is 1.70 bits per heavy atom. The minimum Gasteiger partial charge on any atom is -0.475 e. The van der Waals surface area contributed by atoms with E-state index in [-0.39, 0.29) is 35.4 Å². The van der Waals surface area contributed by atoms with Crippen LogP contribution in [0.1, 0.15) is 59.6 Å². The molecule has 0 aliphatic carbocycles. The number of ether oxygens (including phenoxy) is 1. The summed E-state index contributed by atoms with van der Waals surface area (Å²) in [7, 11) is -4.19. The first-order chi connectivity index (χ1) is 20.8. The maximum atomic E-state index is 14.1. The fourth-order valence-corrected chi connectivity index (χ4v) is 6.20. The average molecular weight is 617 g/mol. The normalized spacial score (nSPS) is 16.6. The lowest BCUT2D eigenvalue weighted by Gasteiger charge is -2.33. The highest BCUT2D eigenvalue weighted by atomic mass is 32.2. The van der Waals surface area contributed by atoms with Gasteiger partial charge in [-0.25, -0.2) is 28.1 Å². The number of carbonyl (C=O) groups excluding carboxylic acids is 1. The van der Waals surface area contributed by atoms with Gasteiger partial charge >= 0.3 is 0 Å². The van der Waals surface area contributed by atoms with E-state index in [2.05, 4.69) is 24.7 Å². The Kier molecular flexibility index (Phi) is 8.66. The molecule has 1 amide bonds. The van der Waals surface area contributed by atoms with Crippen LogP contribution in [0.4, 0.5) is 5.95 Å². The van der Waals surface area contributed by atoms with Gasteiger partial charge in [0.25, 0.3) is 15.9 Å². The van der Waals surface area contributed by atoms with Gasteiger partial charge in [0, 0.05) is 29.1 Å². The molecule has 2 N–H and O–H groups in total. The minimum atomic E-state index is -4.19. The average Bonchev–Trinajstić information content (AvgIpc) is 2.97. The molecular weight excluding hydrogens is 580 g/mol. The number of nitrogens with zero attached hydrogens (tertiary/aromatic N) is 5. The predicted molar refractivity (Wildman–Crippen MR) is 166 cm³/mol. The molecule has 3 heterocycles. The smallest absolute Gasteiger partial charge is 0.264 e. The maximum Gasteiger partial charge on any atom is 0.264 e. The summed E-state index contributed by atoms with van der Waals surface area (Å²) in [6, 6.07) is 12.8. The van der Waals surface area contributed by atoms with Gasteiger partial charge in [-0.05, 0) is 82.9 Å². The number of sulfonamides is 1. The molecule has 1 atom stereocenters. The van der Waals surface area contributed by atoms with Crippen molar-refractivity contribution >= 4 is 21.9 Å². The van der Waals surface area contributed by atoms with Gasteiger partial charge in [0.2, 0.25) is 11.8 Å². The van der Waals surface area contributed by atoms with Crippen LogP contribution in [0, 0.1) is 20.8 Å². The molecule has 0 radical (unpaired) electrons. The van der Waals surface area contributed by atoms with E-state index in [0.717, 1.165) is 16.7 Å². The van der Waals surface area contributed by atoms with Crippen molar-refractivity contribution in [1.29, 1.82) is 0 Å². The molecule has 1 aliphatic heterocycles. The van der Waals surface area contributed by atoms with Gasteiger partial charge < -0.3 is 14.7 Å². The molecule has 1 aliphatic rings. The fraction of sp³-hybridized carbons (Fsp3) is 0.344. The minimum absolute atomic E-state index is 0.00455. The summed E-state index contributed by atoms with van der Waals surface area (Å²) in [6.45, 7) is 9.20. The molecular formula is C32H36N6O5S. The Morgan fingerprint density at radius 1 is 1.02 bits per heavy atom. The predicted octanol–water partition coefficient (Wildman–Crippen LogP) is 4.61. The number of amides is 1. The Labute approximate surface area is 257 Å². The van der Waals surface area contributed by atoms with E-state index in [9.17, 15) is 18.3 Å². The largest absolute Gasteiger partial charge is 0.475 e. The standard InChI is InChI=1S/C32H36N6O5S/c1-20-9-6-10-21(2)27(20)28-22(3)29-36-31(35-28)37-44(41,42)25-12-7-11-23(17-25)30(39)38(18-26-33-15-8-16-34-26)24(19-43-29)13-14-32(4,5)40/h6-12,15-17,24,40H,13-14,18-19H2,1-5H3,(H,35,36,37)/t24-/m1/s1. The van der Waals surface area contributed by atoms with Crippen molar-refractivity contribution in [3.05, 3.63) is 89.0 Å². The molecule has 0 spiro atoms. The SMILES string of the molecule is Cc1cccc(C)c1-c1nc2nc(c1C)OC[C@@H](CCC(C)(C)O)N(Cc1ncccn1)C(=O)c1cccc(c1)S(=O)(=O)N2. The second-order valence-electron chi connectivity index (χ2n) is 11.6. The van der Waals surface area contributed by atoms with Crippen molar-refractivity contribution in [2.75, 3.05) is 11.3 Å². The quantitative estimate of drug-likeness (QED) is 0.317. The van der Waals surface area contributed by atoms with Crippen molar-refractivity contribution in [2.24, 2.45) is 0 Å². The van der Waals surface area contributed by atoms with Crippen molar-refractivity contribution < 1.29 is 23.1 Å². The van der Waals surface area contributed by atoms with Crippen molar-refractivity contribution in [1.82, 2.24) is 24.8 Å². The molecule has 0 unspecified atom stereocenters. The van der Waals surface area contributed by atoms with Gasteiger partial charge in [-0.15, -0.1) is 0 Å². The number of aliphatic hydroxyl groups is 1. The number of hydrogen-bond acceptors (Lipinski definition) is 9. The summed E-state index contributed by atoms with van der Waals surface area (Å²) in [5, 5.41) is 10.6. The molecule has 11 nitrogen and oxygen atoms in total. The second kappa shape index (κ2) is 12.3. The summed E-state index contributed by atoms with van der Waals surface area (Å²) in [5.74, 6) is 0.00487. The summed E-state index contributed by atoms with van der Waals surface area (Å²) >= 11 is 0. The zero-order chi connectivity index (χ0) is 31.6. The Morgan fingerprint density at radius 3 is 2.39 bits per heavy atom. The van der Waals surface area contributed by atoms with E-state index < -0.39 is 27.6 Å². The number of carbonyl (C=O) groups is 1. The summed E-state index contributed by atoms with van der Waals surface area (Å²) < 4.78 is 36.0. The lowest BCUT2D eigenvalue weighted by atomic mass is 9.97. The van der Waals surface area contributed by atoms with E-state index >= 15 is 0 Å². The first kappa shape index (κ1) is 31.0. The van der Waals surface area contributed by atoms with Gasteiger partial charge in [0.05, 0.1) is 28.8 Å². The first-order valence-corrected chi connectivity index (χ1v) is 15.8. The summed E-state index contributed by atoms with van der Waals surface area (Å²) in [4.78, 5) is 33.4. The summed E-state index contributed by atoms with van der Waals surface area (Å²) in [6.07, 6.45) is 3.92. The van der Waals surface area contributed by atoms with Crippen LogP contribution in [0.5, 0.6) is 5.88 Å². The van der Waals surface area contributed by atoms with Crippen LogP contribution in [0.15, 0.2) is 65.8 Å². The lowest BCUT2D eigenvalue weighted by molar-refractivity contribution is 0.0377. The van der Waals surface area contributed by atoms with Crippen LogP contribution in [0.3, 0.4) is 0 Å². The van der Waals surface area contributed by atoms with E-state index in [1.165, 1.54) is 18.2 Å². The van der Waals surface area contributed by atoms with Crippen molar-refractivity contribution in [2.45, 2.75) is 70.5 Å². The highest BCUT2D eigenvalue weighted by Crippen LogP contribution is 2.34. The number of hydrogen-bond donors (Lipinski definition) is 2. The molecule has 5 rings (SSSR count). The number of nitrogens with one attached hydrogen (secondary N) is 1. The van der Waals surface area contributed by atoms with Gasteiger partial charge in [0.1, 0.15) is 12.4 Å². The molecule has 44 heavy (non-hydrogen) atoms. The van der Waals surface area contributed by atoms with E-state index in [1.807, 2.05) is 39.0 Å². The molecule has 0 saturated heterocycles. The number of anilines is 1. The van der Waals surface area contributed by atoms with Crippen molar-refractivity contribution in [3.8, 4) is 17.1 Å². The number of benzene rings is 2. The van der Waals surface area contributed by atoms with Gasteiger partial charge in [-0.2, -0.15) is 4.98 Å². The second-order valence-corrected chi connectivity index (χ2v) is 13.3. The van der Waals surface area contributed by atoms with Crippen LogP contribution in [0.2, 0.25) is 0 Å². The van der Waals surface area contributed by atoms with Crippen LogP contribution in [-0.2, 0) is 16.6 Å². The third kappa shape index (κ3) is 6.87. The monoisotopic (exact) mass is 616 g/mol. The van der Waals surface area contributed by atoms with Crippen molar-refractivity contribution in [3.63, 3.8) is 0 Å². The molecule has 0 saturated carbocycles. The zero-order valence-corrected chi connectivity index (χ0v) is 26.2. The highest BCUT2D eigenvalue weighted by molar-refractivity contribution is 7.92. The Bertz CT molecular complexity index is 1770.